The zero-order chi connectivity index (χ0) is 22.8. The molecule has 1 unspecified atom stereocenters. The average Bonchev–Trinajstić information content (AvgIpc) is 3.19. The quantitative estimate of drug-likeness (QED) is 0.390. The maximum atomic E-state index is 12.7. The fraction of sp³-hybridized carbons (Fsp3) is 0.316. The Morgan fingerprint density at radius 1 is 1.38 bits per heavy atom. The summed E-state index contributed by atoms with van der Waals surface area (Å²) in [6, 6.07) is 5.76. The summed E-state index contributed by atoms with van der Waals surface area (Å²) in [6.45, 7) is 1.86. The van der Waals surface area contributed by atoms with E-state index in [0.29, 0.717) is 33.2 Å². The van der Waals surface area contributed by atoms with Gasteiger partial charge in [-0.25, -0.2) is 9.59 Å². The first-order chi connectivity index (χ1) is 15.3. The molecule has 2 aliphatic heterocycles. The highest BCUT2D eigenvalue weighted by Crippen LogP contribution is 2.41. The molecule has 2 aromatic rings. The summed E-state index contributed by atoms with van der Waals surface area (Å²) in [5.41, 5.74) is 1.26. The number of amides is 3. The number of benzene rings is 1. The number of rotatable bonds is 7. The molecule has 0 radical (unpaired) electrons. The molecule has 168 valence electrons. The number of carboxylic acids is 1. The lowest BCUT2D eigenvalue weighted by Crippen LogP contribution is -2.71. The second-order valence-electron chi connectivity index (χ2n) is 6.94. The van der Waals surface area contributed by atoms with Gasteiger partial charge in [0.1, 0.15) is 17.1 Å². The molecule has 0 bridgehead atoms. The van der Waals surface area contributed by atoms with E-state index in [1.54, 1.807) is 25.1 Å². The van der Waals surface area contributed by atoms with E-state index < -0.39 is 29.3 Å². The first kappa shape index (κ1) is 22.5. The molecule has 1 saturated heterocycles. The molecule has 4 rings (SSSR count). The largest absolute Gasteiger partial charge is 0.477 e. The van der Waals surface area contributed by atoms with Crippen molar-refractivity contribution in [3.63, 3.8) is 0 Å². The Balaban J connectivity index is 1.38. The molecule has 3 heterocycles. The summed E-state index contributed by atoms with van der Waals surface area (Å²) in [4.78, 5) is 38.1. The Bertz CT molecular complexity index is 1110. The molecule has 1 aromatic carbocycles. The normalized spacial score (nSPS) is 19.9. The van der Waals surface area contributed by atoms with Gasteiger partial charge < -0.3 is 20.2 Å². The number of carbonyl (C=O) groups is 3. The second-order valence-corrected chi connectivity index (χ2v) is 9.38. The van der Waals surface area contributed by atoms with Crippen LogP contribution >= 0.6 is 35.1 Å². The molecule has 0 saturated carbocycles. The number of halogens is 1. The molecule has 1 fully saturated rings. The van der Waals surface area contributed by atoms with E-state index in [4.69, 9.17) is 16.0 Å². The van der Waals surface area contributed by atoms with Crippen LogP contribution in [-0.2, 0) is 16.1 Å². The lowest BCUT2D eigenvalue weighted by molar-refractivity contribution is -0.148. The number of thioether (sulfide) groups is 2. The molecule has 10 nitrogen and oxygen atoms in total. The molecule has 0 spiro atoms. The van der Waals surface area contributed by atoms with Crippen LogP contribution in [0.3, 0.4) is 0 Å². The number of nitrogens with zero attached hydrogens (tertiary/aromatic N) is 3. The van der Waals surface area contributed by atoms with Crippen LogP contribution in [0.1, 0.15) is 11.5 Å². The number of carboxylic acid groups (broad SMARTS) is 1. The van der Waals surface area contributed by atoms with Crippen molar-refractivity contribution in [3.8, 4) is 0 Å². The van der Waals surface area contributed by atoms with Crippen LogP contribution in [0.15, 0.2) is 45.2 Å². The summed E-state index contributed by atoms with van der Waals surface area (Å²) >= 11 is 8.68. The Kier molecular flexibility index (Phi) is 6.63. The van der Waals surface area contributed by atoms with E-state index in [9.17, 15) is 19.5 Å². The lowest BCUT2D eigenvalue weighted by atomic mass is 10.0. The molecule has 13 heteroatoms. The second kappa shape index (κ2) is 9.43. The number of aromatic nitrogens is 2. The summed E-state index contributed by atoms with van der Waals surface area (Å²) in [5.74, 6) is -0.553. The van der Waals surface area contributed by atoms with E-state index in [1.165, 1.54) is 28.4 Å². The highest BCUT2D eigenvalue weighted by atomic mass is 35.5. The molecule has 32 heavy (non-hydrogen) atoms. The van der Waals surface area contributed by atoms with Crippen molar-refractivity contribution >= 4 is 53.0 Å². The van der Waals surface area contributed by atoms with Crippen molar-refractivity contribution in [1.82, 2.24) is 25.7 Å². The standard InChI is InChI=1S/C19H18ClN5O5S2/c1-9-23-24-19(30-9)32-8-11-7-31-16-13(15(26)25(16)14(11)17(27)28)22-18(29)21-6-10-4-2-3-5-12(10)20/h2-5,13,16H,6-8H2,1H3,(H,27,28)(H2,21,22,29)/t13?,16-/m0/s1. The summed E-state index contributed by atoms with van der Waals surface area (Å²) in [6.07, 6.45) is 0. The van der Waals surface area contributed by atoms with Gasteiger partial charge in [0.25, 0.3) is 11.1 Å². The van der Waals surface area contributed by atoms with Crippen molar-refractivity contribution in [2.45, 2.75) is 30.1 Å². The molecule has 2 atom stereocenters. The number of nitrogens with one attached hydrogen (secondary N) is 2. The van der Waals surface area contributed by atoms with Gasteiger partial charge in [0.05, 0.1) is 0 Å². The van der Waals surface area contributed by atoms with Crippen LogP contribution < -0.4 is 10.6 Å². The minimum absolute atomic E-state index is 0.0583. The third-order valence-corrected chi connectivity index (χ3v) is 7.42. The van der Waals surface area contributed by atoms with Gasteiger partial charge in [-0.2, -0.15) is 0 Å². The number of carbonyl (C=O) groups excluding carboxylic acids is 2. The van der Waals surface area contributed by atoms with E-state index in [2.05, 4.69) is 20.8 Å². The van der Waals surface area contributed by atoms with E-state index >= 15 is 0 Å². The fourth-order valence-electron chi connectivity index (χ4n) is 3.29. The minimum atomic E-state index is -1.19. The predicted octanol–water partition coefficient (Wildman–Crippen LogP) is 2.25. The number of aryl methyl sites for hydroxylation is 1. The third-order valence-electron chi connectivity index (χ3n) is 4.81. The average molecular weight is 496 g/mol. The Morgan fingerprint density at radius 2 is 2.16 bits per heavy atom. The maximum Gasteiger partial charge on any atom is 0.352 e. The molecule has 1 aromatic heterocycles. The Hall–Kier alpha value is -2.70. The van der Waals surface area contributed by atoms with Crippen molar-refractivity contribution < 1.29 is 23.9 Å². The number of urea groups is 1. The zero-order valence-corrected chi connectivity index (χ0v) is 19.1. The van der Waals surface area contributed by atoms with E-state index in [-0.39, 0.29) is 12.2 Å². The monoisotopic (exact) mass is 495 g/mol. The number of fused-ring (bicyclic) bond motifs is 1. The van der Waals surface area contributed by atoms with Gasteiger partial charge in [0, 0.05) is 30.0 Å². The Labute approximate surface area is 196 Å². The highest BCUT2D eigenvalue weighted by molar-refractivity contribution is 8.01. The molecule has 2 aliphatic rings. The third kappa shape index (κ3) is 4.57. The topological polar surface area (TPSA) is 138 Å². The van der Waals surface area contributed by atoms with Crippen molar-refractivity contribution in [2.75, 3.05) is 11.5 Å². The SMILES string of the molecule is Cc1nnc(SCC2=C(C(=O)O)N3C(=O)C(NC(=O)NCc4ccccc4Cl)[C@@H]3SC2)o1. The zero-order valence-electron chi connectivity index (χ0n) is 16.7. The number of β-lactam (4-membered cyclic amide) rings is 1. The highest BCUT2D eigenvalue weighted by Gasteiger charge is 2.54. The van der Waals surface area contributed by atoms with Crippen LogP contribution in [-0.4, -0.2) is 61.0 Å². The van der Waals surface area contributed by atoms with Gasteiger partial charge in [0.15, 0.2) is 0 Å². The van der Waals surface area contributed by atoms with Gasteiger partial charge in [-0.05, 0) is 17.2 Å². The maximum absolute atomic E-state index is 12.7. The van der Waals surface area contributed by atoms with Gasteiger partial charge in [-0.3, -0.25) is 9.69 Å². The smallest absolute Gasteiger partial charge is 0.352 e. The molecular weight excluding hydrogens is 478 g/mol. The van der Waals surface area contributed by atoms with E-state index in [0.717, 1.165) is 5.56 Å². The predicted molar refractivity (Wildman–Crippen MR) is 118 cm³/mol. The molecule has 3 amide bonds. The van der Waals surface area contributed by atoms with Gasteiger partial charge in [-0.15, -0.1) is 22.0 Å². The van der Waals surface area contributed by atoms with E-state index in [1.807, 2.05) is 6.07 Å². The van der Waals surface area contributed by atoms with Gasteiger partial charge >= 0.3 is 12.0 Å². The van der Waals surface area contributed by atoms with Crippen LogP contribution in [0.5, 0.6) is 0 Å². The fourth-order valence-corrected chi connectivity index (χ4v) is 5.78. The van der Waals surface area contributed by atoms with Crippen LogP contribution in [0.25, 0.3) is 0 Å². The van der Waals surface area contributed by atoms with Crippen LogP contribution in [0.2, 0.25) is 5.02 Å². The summed E-state index contributed by atoms with van der Waals surface area (Å²) in [7, 11) is 0. The lowest BCUT2D eigenvalue weighted by Gasteiger charge is -2.49. The molecule has 3 N–H and O–H groups in total. The van der Waals surface area contributed by atoms with Gasteiger partial charge in [-0.1, -0.05) is 41.6 Å². The van der Waals surface area contributed by atoms with Crippen molar-refractivity contribution in [1.29, 1.82) is 0 Å². The first-order valence-corrected chi connectivity index (χ1v) is 11.9. The number of aliphatic carboxylic acids is 1. The number of hydrogen-bond donors (Lipinski definition) is 3. The Morgan fingerprint density at radius 3 is 2.84 bits per heavy atom. The molecular formula is C19H18ClN5O5S2. The summed E-state index contributed by atoms with van der Waals surface area (Å²) in [5, 5.41) is 23.0. The molecule has 0 aliphatic carbocycles. The van der Waals surface area contributed by atoms with Crippen molar-refractivity contribution in [2.24, 2.45) is 0 Å². The minimum Gasteiger partial charge on any atom is -0.477 e. The van der Waals surface area contributed by atoms with Crippen molar-refractivity contribution in [3.05, 3.63) is 52.0 Å². The van der Waals surface area contributed by atoms with Gasteiger partial charge in [0.2, 0.25) is 5.89 Å². The first-order valence-electron chi connectivity index (χ1n) is 9.46. The van der Waals surface area contributed by atoms with Crippen LogP contribution in [0, 0.1) is 6.92 Å². The number of hydrogen-bond acceptors (Lipinski definition) is 8. The summed E-state index contributed by atoms with van der Waals surface area (Å²) < 4.78 is 5.30. The van der Waals surface area contributed by atoms with Crippen LogP contribution in [0.4, 0.5) is 4.79 Å².